The number of piperidine rings is 1. The molecule has 1 N–H and O–H groups in total. The van der Waals surface area contributed by atoms with E-state index in [1.54, 1.807) is 6.07 Å². The zero-order valence-electron chi connectivity index (χ0n) is 19.5. The highest BCUT2D eigenvalue weighted by atomic mass is 19.1. The Morgan fingerprint density at radius 2 is 1.85 bits per heavy atom. The molecular formula is C26H31FN4O2. The Balaban J connectivity index is 1.29. The van der Waals surface area contributed by atoms with Crippen LogP contribution in [0.1, 0.15) is 45.7 Å². The van der Waals surface area contributed by atoms with Crippen LogP contribution in [0.15, 0.2) is 48.5 Å². The van der Waals surface area contributed by atoms with Gasteiger partial charge in [-0.3, -0.25) is 14.4 Å². The number of amides is 1. The van der Waals surface area contributed by atoms with Gasteiger partial charge in [0.15, 0.2) is 11.6 Å². The van der Waals surface area contributed by atoms with Gasteiger partial charge in [-0.15, -0.1) is 0 Å². The molecule has 3 aromatic rings. The lowest BCUT2D eigenvalue weighted by Gasteiger charge is -2.32. The third-order valence-corrected chi connectivity index (χ3v) is 6.17. The number of aromatic nitrogens is 2. The topological polar surface area (TPSA) is 59.4 Å². The maximum atomic E-state index is 13.9. The Hall–Kier alpha value is -3.19. The Kier molecular flexibility index (Phi) is 7.08. The lowest BCUT2D eigenvalue weighted by Crippen LogP contribution is -2.44. The monoisotopic (exact) mass is 450 g/mol. The highest BCUT2D eigenvalue weighted by molar-refractivity contribution is 5.94. The van der Waals surface area contributed by atoms with E-state index in [-0.39, 0.29) is 23.5 Å². The van der Waals surface area contributed by atoms with Crippen LogP contribution in [0.2, 0.25) is 0 Å². The van der Waals surface area contributed by atoms with Gasteiger partial charge in [-0.25, -0.2) is 4.39 Å². The van der Waals surface area contributed by atoms with Crippen molar-refractivity contribution >= 4 is 5.91 Å². The fraction of sp³-hybridized carbons (Fsp3) is 0.385. The molecule has 1 aromatic heterocycles. The van der Waals surface area contributed by atoms with E-state index in [0.29, 0.717) is 18.7 Å². The van der Waals surface area contributed by atoms with Gasteiger partial charge in [-0.2, -0.15) is 5.10 Å². The molecule has 2 aromatic carbocycles. The summed E-state index contributed by atoms with van der Waals surface area (Å²) in [6.45, 7) is 7.07. The van der Waals surface area contributed by atoms with Crippen LogP contribution in [0.4, 0.5) is 4.39 Å². The molecular weight excluding hydrogens is 419 g/mol. The van der Waals surface area contributed by atoms with E-state index in [0.717, 1.165) is 48.4 Å². The van der Waals surface area contributed by atoms with Crippen LogP contribution < -0.4 is 10.1 Å². The van der Waals surface area contributed by atoms with Gasteiger partial charge in [0, 0.05) is 36.9 Å². The van der Waals surface area contributed by atoms with Gasteiger partial charge in [0.25, 0.3) is 5.91 Å². The Bertz CT molecular complexity index is 1120. The molecule has 7 heteroatoms. The van der Waals surface area contributed by atoms with Gasteiger partial charge in [0.05, 0.1) is 19.3 Å². The van der Waals surface area contributed by atoms with Crippen molar-refractivity contribution in [3.05, 3.63) is 82.4 Å². The number of nitrogens with one attached hydrogen (secondary N) is 1. The number of carbonyl (C=O) groups excluding carboxylic acids is 1. The predicted molar refractivity (Wildman–Crippen MR) is 126 cm³/mol. The molecule has 0 radical (unpaired) electrons. The summed E-state index contributed by atoms with van der Waals surface area (Å²) in [5, 5.41) is 7.69. The highest BCUT2D eigenvalue weighted by Crippen LogP contribution is 2.20. The number of benzene rings is 2. The van der Waals surface area contributed by atoms with Crippen molar-refractivity contribution in [3.8, 4) is 5.75 Å². The molecule has 0 saturated carbocycles. The Morgan fingerprint density at radius 3 is 2.52 bits per heavy atom. The van der Waals surface area contributed by atoms with Gasteiger partial charge >= 0.3 is 0 Å². The van der Waals surface area contributed by atoms with Crippen molar-refractivity contribution in [1.29, 1.82) is 0 Å². The van der Waals surface area contributed by atoms with Crippen molar-refractivity contribution in [1.82, 2.24) is 20.0 Å². The van der Waals surface area contributed by atoms with Gasteiger partial charge in [0.1, 0.15) is 0 Å². The summed E-state index contributed by atoms with van der Waals surface area (Å²) in [5.74, 6) is -0.114. The minimum Gasteiger partial charge on any atom is -0.494 e. The van der Waals surface area contributed by atoms with Gasteiger partial charge in [-0.05, 0) is 68.1 Å². The number of nitrogens with zero attached hydrogens (tertiary/aromatic N) is 3. The van der Waals surface area contributed by atoms with Crippen molar-refractivity contribution in [3.63, 3.8) is 0 Å². The number of halogens is 1. The van der Waals surface area contributed by atoms with Crippen molar-refractivity contribution < 1.29 is 13.9 Å². The first kappa shape index (κ1) is 23.0. The van der Waals surface area contributed by atoms with E-state index < -0.39 is 0 Å². The number of likely N-dealkylation sites (tertiary alicyclic amines) is 1. The maximum Gasteiger partial charge on any atom is 0.251 e. The summed E-state index contributed by atoms with van der Waals surface area (Å²) < 4.78 is 20.9. The third-order valence-electron chi connectivity index (χ3n) is 6.17. The Labute approximate surface area is 194 Å². The zero-order chi connectivity index (χ0) is 23.4. The molecule has 1 fully saturated rings. The van der Waals surface area contributed by atoms with E-state index in [1.807, 2.05) is 54.9 Å². The van der Waals surface area contributed by atoms with Crippen LogP contribution in [0.3, 0.4) is 0 Å². The fourth-order valence-corrected chi connectivity index (χ4v) is 4.39. The second-order valence-electron chi connectivity index (χ2n) is 8.78. The van der Waals surface area contributed by atoms with E-state index in [1.165, 1.54) is 13.2 Å². The first-order valence-electron chi connectivity index (χ1n) is 11.4. The van der Waals surface area contributed by atoms with Crippen LogP contribution in [0.25, 0.3) is 0 Å². The number of ether oxygens (including phenoxy) is 1. The minimum absolute atomic E-state index is 0.0408. The molecule has 0 atom stereocenters. The highest BCUT2D eigenvalue weighted by Gasteiger charge is 2.21. The van der Waals surface area contributed by atoms with Crippen molar-refractivity contribution in [2.24, 2.45) is 0 Å². The molecule has 174 valence electrons. The average molecular weight is 451 g/mol. The summed E-state index contributed by atoms with van der Waals surface area (Å²) in [5.41, 5.74) is 4.74. The lowest BCUT2D eigenvalue weighted by atomic mass is 10.0. The zero-order valence-corrected chi connectivity index (χ0v) is 19.5. The minimum atomic E-state index is -0.336. The predicted octanol–water partition coefficient (Wildman–Crippen LogP) is 4.09. The molecule has 1 aliphatic rings. The largest absolute Gasteiger partial charge is 0.494 e. The number of hydrogen-bond donors (Lipinski definition) is 1. The molecule has 4 rings (SSSR count). The number of hydrogen-bond acceptors (Lipinski definition) is 4. The van der Waals surface area contributed by atoms with E-state index >= 15 is 0 Å². The van der Waals surface area contributed by atoms with Crippen LogP contribution in [0, 0.1) is 19.7 Å². The van der Waals surface area contributed by atoms with Crippen LogP contribution in [0.5, 0.6) is 5.75 Å². The molecule has 1 amide bonds. The molecule has 2 heterocycles. The normalized spacial score (nSPS) is 14.9. The molecule has 0 spiro atoms. The summed E-state index contributed by atoms with van der Waals surface area (Å²) in [6, 6.07) is 15.0. The summed E-state index contributed by atoms with van der Waals surface area (Å²) in [4.78, 5) is 15.1. The van der Waals surface area contributed by atoms with Crippen LogP contribution >= 0.6 is 0 Å². The summed E-state index contributed by atoms with van der Waals surface area (Å²) in [7, 11) is 1.47. The molecule has 0 unspecified atom stereocenters. The van der Waals surface area contributed by atoms with Gasteiger partial charge in [-0.1, -0.05) is 18.2 Å². The number of aryl methyl sites for hydroxylation is 2. The summed E-state index contributed by atoms with van der Waals surface area (Å²) >= 11 is 0. The molecule has 6 nitrogen and oxygen atoms in total. The molecule has 33 heavy (non-hydrogen) atoms. The van der Waals surface area contributed by atoms with Gasteiger partial charge < -0.3 is 10.1 Å². The van der Waals surface area contributed by atoms with Gasteiger partial charge in [0.2, 0.25) is 0 Å². The second kappa shape index (κ2) is 10.2. The summed E-state index contributed by atoms with van der Waals surface area (Å²) in [6.07, 6.45) is 1.74. The van der Waals surface area contributed by atoms with Crippen LogP contribution in [-0.4, -0.2) is 46.8 Å². The van der Waals surface area contributed by atoms with Crippen molar-refractivity contribution in [2.45, 2.75) is 45.8 Å². The maximum absolute atomic E-state index is 13.9. The van der Waals surface area contributed by atoms with E-state index in [2.05, 4.69) is 15.3 Å². The number of carbonyl (C=O) groups is 1. The smallest absolute Gasteiger partial charge is 0.251 e. The quantitative estimate of drug-likeness (QED) is 0.589. The molecule has 0 bridgehead atoms. The van der Waals surface area contributed by atoms with E-state index in [9.17, 15) is 9.18 Å². The molecule has 1 aliphatic heterocycles. The fourth-order valence-electron chi connectivity index (χ4n) is 4.39. The molecule has 1 saturated heterocycles. The first-order chi connectivity index (χ1) is 15.9. The SMILES string of the molecule is COc1ccc(CN2CCC(NC(=O)c3cccc(Cn4nc(C)cc4C)c3)CC2)cc1F. The number of rotatable bonds is 7. The van der Waals surface area contributed by atoms with E-state index in [4.69, 9.17) is 4.74 Å². The second-order valence-corrected chi connectivity index (χ2v) is 8.78. The number of methoxy groups -OCH3 is 1. The first-order valence-corrected chi connectivity index (χ1v) is 11.4. The Morgan fingerprint density at radius 1 is 1.09 bits per heavy atom. The molecule has 0 aliphatic carbocycles. The third kappa shape index (κ3) is 5.79. The standard InChI is InChI=1S/C26H31FN4O2/c1-18-13-19(2)31(29-18)17-20-5-4-6-22(14-20)26(32)28-23-9-11-30(12-10-23)16-21-7-8-25(33-3)24(27)15-21/h4-8,13-15,23H,9-12,16-17H2,1-3H3,(H,28,32). The van der Waals surface area contributed by atoms with Crippen molar-refractivity contribution in [2.75, 3.05) is 20.2 Å². The van der Waals surface area contributed by atoms with Crippen LogP contribution in [-0.2, 0) is 13.1 Å². The lowest BCUT2D eigenvalue weighted by molar-refractivity contribution is 0.0908. The average Bonchev–Trinajstić information content (AvgIpc) is 3.12.